The van der Waals surface area contributed by atoms with E-state index in [0.29, 0.717) is 130 Å². The molecule has 0 aliphatic carbocycles. The van der Waals surface area contributed by atoms with Crippen molar-refractivity contribution in [3.8, 4) is 0 Å². The Kier molecular flexibility index (Phi) is 30.9. The Balaban J connectivity index is 3.14. The average molecular weight is 615 g/mol. The van der Waals surface area contributed by atoms with Crippen LogP contribution in [0, 0.1) is 0 Å². The number of carbonyl (C=O) groups is 1. The molecule has 0 saturated heterocycles. The summed E-state index contributed by atoms with van der Waals surface area (Å²) in [6.07, 6.45) is 0. The Morgan fingerprint density at radius 1 is 0.590 bits per heavy atom. The van der Waals surface area contributed by atoms with Crippen LogP contribution in [0.4, 0.5) is 0 Å². The normalized spacial score (nSPS) is 11.6. The van der Waals surface area contributed by atoms with Crippen LogP contribution in [0.25, 0.3) is 0 Å². The molecule has 0 radical (unpaired) electrons. The number of nitrogens with one attached hydrogen (secondary N) is 1. The summed E-state index contributed by atoms with van der Waals surface area (Å²) in [5.41, 5.74) is 0.334. The predicted octanol–water partition coefficient (Wildman–Crippen LogP) is 0.772. The SMILES string of the molecule is C=C(C)C(=O)OCC[NH][Co](=[O])[CH2]COCCOCCOCCOCCOCCOCCOCCOCCOC. The number of carbonyl (C=O) groups excluding carboxylic acids is 1. The van der Waals surface area contributed by atoms with Crippen molar-refractivity contribution in [1.82, 2.24) is 4.37 Å². The van der Waals surface area contributed by atoms with E-state index in [1.165, 1.54) is 0 Å². The summed E-state index contributed by atoms with van der Waals surface area (Å²) in [5.74, 6) is -0.455. The van der Waals surface area contributed by atoms with Crippen molar-refractivity contribution >= 4 is 5.97 Å². The summed E-state index contributed by atoms with van der Waals surface area (Å²) in [5, 5.41) is 0.367. The van der Waals surface area contributed by atoms with Crippen LogP contribution in [0.3, 0.4) is 0 Å². The summed E-state index contributed by atoms with van der Waals surface area (Å²) in [4.78, 5) is 11.2. The van der Waals surface area contributed by atoms with Gasteiger partial charge in [-0.25, -0.2) is 0 Å². The van der Waals surface area contributed by atoms with Crippen LogP contribution in [0.5, 0.6) is 0 Å². The maximum atomic E-state index is 11.8. The third-order valence-electron chi connectivity index (χ3n) is 4.30. The van der Waals surface area contributed by atoms with Gasteiger partial charge in [-0.15, -0.1) is 0 Å². The van der Waals surface area contributed by atoms with Crippen LogP contribution in [0.2, 0.25) is 5.36 Å². The summed E-state index contributed by atoms with van der Waals surface area (Å²) >= 11 is -1.59. The Bertz CT molecular complexity index is 585. The fourth-order valence-corrected chi connectivity index (χ4v) is 3.27. The Hall–Kier alpha value is -0.884. The Morgan fingerprint density at radius 3 is 1.26 bits per heavy atom. The summed E-state index contributed by atoms with van der Waals surface area (Å²) < 4.78 is 67.5. The van der Waals surface area contributed by atoms with Crippen LogP contribution in [0.1, 0.15) is 6.92 Å². The van der Waals surface area contributed by atoms with E-state index in [9.17, 15) is 8.66 Å². The number of methoxy groups -OCH3 is 1. The molecule has 0 atom stereocenters. The van der Waals surface area contributed by atoms with Gasteiger partial charge in [0, 0.05) is 7.11 Å². The molecule has 0 aromatic rings. The van der Waals surface area contributed by atoms with Gasteiger partial charge >= 0.3 is 140 Å². The van der Waals surface area contributed by atoms with E-state index in [2.05, 4.69) is 10.9 Å². The molecule has 0 amide bonds. The number of ether oxygens (including phenoxy) is 10. The van der Waals surface area contributed by atoms with Gasteiger partial charge in [-0.05, 0) is 0 Å². The van der Waals surface area contributed by atoms with Crippen molar-refractivity contribution in [1.29, 1.82) is 0 Å². The molecule has 0 unspecified atom stereocenters. The number of hydrogen-bond donors (Lipinski definition) is 1. The molecule has 0 aromatic heterocycles. The van der Waals surface area contributed by atoms with Crippen LogP contribution >= 0.6 is 0 Å². The second-order valence-electron chi connectivity index (χ2n) is 7.62. The molecular formula is C25H49CoNO12. The molecule has 0 heterocycles. The zero-order valence-corrected chi connectivity index (χ0v) is 24.6. The van der Waals surface area contributed by atoms with Gasteiger partial charge in [-0.2, -0.15) is 0 Å². The number of esters is 1. The van der Waals surface area contributed by atoms with Gasteiger partial charge in [0.05, 0.1) is 66.1 Å². The molecule has 0 saturated carbocycles. The van der Waals surface area contributed by atoms with Crippen molar-refractivity contribution < 1.29 is 69.8 Å². The van der Waals surface area contributed by atoms with E-state index < -0.39 is 19.8 Å². The van der Waals surface area contributed by atoms with Gasteiger partial charge in [0.2, 0.25) is 0 Å². The topological polar surface area (TPSA) is 138 Å². The Labute approximate surface area is 237 Å². The molecule has 13 nitrogen and oxygen atoms in total. The molecule has 0 aliphatic rings. The third-order valence-corrected chi connectivity index (χ3v) is 5.65. The first-order chi connectivity index (χ1) is 19.1. The van der Waals surface area contributed by atoms with E-state index in [1.807, 2.05) is 0 Å². The molecular weight excluding hydrogens is 565 g/mol. The van der Waals surface area contributed by atoms with Gasteiger partial charge in [-0.1, -0.05) is 0 Å². The average Bonchev–Trinajstić information content (AvgIpc) is 2.92. The van der Waals surface area contributed by atoms with Gasteiger partial charge in [0.1, 0.15) is 0 Å². The van der Waals surface area contributed by atoms with Crippen LogP contribution in [-0.4, -0.2) is 139 Å². The second-order valence-corrected chi connectivity index (χ2v) is 9.39. The van der Waals surface area contributed by atoms with Gasteiger partial charge in [0.15, 0.2) is 0 Å². The van der Waals surface area contributed by atoms with Crippen molar-refractivity contribution in [3.05, 3.63) is 12.2 Å². The fraction of sp³-hybridized carbons (Fsp3) is 0.880. The molecule has 0 bridgehead atoms. The molecule has 0 aromatic carbocycles. The van der Waals surface area contributed by atoms with E-state index in [4.69, 9.17) is 47.4 Å². The van der Waals surface area contributed by atoms with Crippen LogP contribution in [0.15, 0.2) is 12.2 Å². The van der Waals surface area contributed by atoms with Gasteiger partial charge < -0.3 is 23.7 Å². The molecule has 0 rings (SSSR count). The fourth-order valence-electron chi connectivity index (χ4n) is 2.35. The monoisotopic (exact) mass is 614 g/mol. The molecule has 0 aliphatic heterocycles. The first-order valence-corrected chi connectivity index (χ1v) is 14.7. The molecule has 39 heavy (non-hydrogen) atoms. The number of hydrogen-bond acceptors (Lipinski definition) is 12. The first kappa shape index (κ1) is 38.1. The number of rotatable bonds is 32. The molecule has 235 valence electrons. The zero-order valence-electron chi connectivity index (χ0n) is 23.6. The van der Waals surface area contributed by atoms with E-state index in [0.717, 1.165) is 0 Å². The van der Waals surface area contributed by atoms with Crippen molar-refractivity contribution in [2.75, 3.05) is 133 Å². The smallest absolute Gasteiger partial charge is 0.382 e. The zero-order chi connectivity index (χ0) is 28.7. The van der Waals surface area contributed by atoms with E-state index in [1.54, 1.807) is 14.0 Å². The second kappa shape index (κ2) is 31.6. The van der Waals surface area contributed by atoms with E-state index in [-0.39, 0.29) is 6.61 Å². The summed E-state index contributed by atoms with van der Waals surface area (Å²) in [6.45, 7) is 13.9. The molecule has 0 spiro atoms. The predicted molar refractivity (Wildman–Crippen MR) is 138 cm³/mol. The van der Waals surface area contributed by atoms with Gasteiger partial charge in [-0.3, -0.25) is 0 Å². The van der Waals surface area contributed by atoms with Gasteiger partial charge in [0.25, 0.3) is 0 Å². The standard InChI is InChI=1S/C19H39O9.C6H10NO2.Co.O/c1-3-21-6-7-23-10-11-25-14-15-27-18-19-28-17-16-26-13-12-24-9-8-22-5-4-20-2;1-5(2)6(8)9-4-3-7;;/h1,3-19H2,2H3;7H,1,3-4H2,2H3;;/q;-1;+1;. The van der Waals surface area contributed by atoms with Crippen LogP contribution in [-0.2, 0) is 69.8 Å². The molecule has 14 heteroatoms. The minimum atomic E-state index is -1.59. The summed E-state index contributed by atoms with van der Waals surface area (Å²) in [7, 11) is 1.64. The minimum Gasteiger partial charge on any atom is -0.382 e. The molecule has 0 fully saturated rings. The van der Waals surface area contributed by atoms with Crippen LogP contribution < -0.4 is 4.37 Å². The van der Waals surface area contributed by atoms with Crippen molar-refractivity contribution in [2.24, 2.45) is 0 Å². The maximum absolute atomic E-state index is 11.8. The molecule has 1 N–H and O–H groups in total. The van der Waals surface area contributed by atoms with Crippen molar-refractivity contribution in [3.63, 3.8) is 0 Å². The minimum absolute atomic E-state index is 0.144. The van der Waals surface area contributed by atoms with Crippen molar-refractivity contribution in [2.45, 2.75) is 12.3 Å². The third kappa shape index (κ3) is 31.5. The first-order valence-electron chi connectivity index (χ1n) is 13.0. The quantitative estimate of drug-likeness (QED) is 0.0649. The Morgan fingerprint density at radius 2 is 0.923 bits per heavy atom. The van der Waals surface area contributed by atoms with E-state index >= 15 is 0 Å². The summed E-state index contributed by atoms with van der Waals surface area (Å²) in [6, 6.07) is 0.